The largest absolute Gasteiger partial charge is 0.449 e. The summed E-state index contributed by atoms with van der Waals surface area (Å²) in [5.41, 5.74) is 1.56. The van der Waals surface area contributed by atoms with Crippen LogP contribution in [-0.4, -0.2) is 57.2 Å². The van der Waals surface area contributed by atoms with Crippen molar-refractivity contribution in [2.24, 2.45) is 0 Å². The van der Waals surface area contributed by atoms with Gasteiger partial charge >= 0.3 is 6.18 Å². The number of rotatable bonds is 8. The lowest BCUT2D eigenvalue weighted by Crippen LogP contribution is -2.42. The number of nitrogens with zero attached hydrogens (tertiary/aromatic N) is 3. The number of imidazole rings is 1. The Labute approximate surface area is 227 Å². The molecule has 6 nitrogen and oxygen atoms in total. The van der Waals surface area contributed by atoms with Crippen LogP contribution in [0.5, 0.6) is 0 Å². The molecule has 1 aliphatic heterocycles. The minimum atomic E-state index is -4.57. The van der Waals surface area contributed by atoms with Gasteiger partial charge in [-0.3, -0.25) is 9.69 Å². The van der Waals surface area contributed by atoms with Gasteiger partial charge in [0.25, 0.3) is 0 Å². The number of alkyl halides is 3. The first-order valence-corrected chi connectivity index (χ1v) is 14.0. The molecule has 210 valence electrons. The summed E-state index contributed by atoms with van der Waals surface area (Å²) in [5.74, 6) is -1.11. The van der Waals surface area contributed by atoms with Gasteiger partial charge in [-0.2, -0.15) is 13.2 Å². The molecule has 1 aromatic heterocycles. The van der Waals surface area contributed by atoms with Crippen LogP contribution in [0.4, 0.5) is 13.2 Å². The summed E-state index contributed by atoms with van der Waals surface area (Å²) in [4.78, 5) is 19.1. The van der Waals surface area contributed by atoms with Crippen molar-refractivity contribution >= 4 is 16.9 Å². The summed E-state index contributed by atoms with van der Waals surface area (Å²) in [7, 11) is 0. The fraction of sp³-hybridized carbons (Fsp3) is 0.533. The first kappa shape index (κ1) is 27.6. The molecule has 5 rings (SSSR count). The molecule has 1 saturated carbocycles. The van der Waals surface area contributed by atoms with Crippen molar-refractivity contribution in [2.75, 3.05) is 19.6 Å². The molecular weight excluding hydrogens is 505 g/mol. The van der Waals surface area contributed by atoms with Gasteiger partial charge in [-0.1, -0.05) is 42.5 Å². The monoisotopic (exact) mass is 542 g/mol. The van der Waals surface area contributed by atoms with Crippen LogP contribution >= 0.6 is 0 Å². The molecule has 39 heavy (non-hydrogen) atoms. The van der Waals surface area contributed by atoms with Gasteiger partial charge in [-0.25, -0.2) is 4.98 Å². The number of likely N-dealkylation sites (tertiary alicyclic amines) is 1. The van der Waals surface area contributed by atoms with Crippen LogP contribution < -0.4 is 5.32 Å². The molecule has 0 radical (unpaired) electrons. The standard InChI is InChI=1S/C30H37F3N4O2/c31-30(32,33)28-35-23-11-4-5-12-24(23)37(28)20-8-13-27(39)34-21-29(22-9-2-1-3-10-22)16-14-25(26(38)15-17-29)36-18-6-7-19-36/h1-5,9-12,25-26,38H,6-8,13-21H2,(H,34,39)/t25-,26-,29-/m0/s1. The molecule has 2 aromatic carbocycles. The predicted octanol–water partition coefficient (Wildman–Crippen LogP) is 5.29. The third-order valence-electron chi connectivity index (χ3n) is 8.59. The van der Waals surface area contributed by atoms with Crippen LogP contribution in [0.1, 0.15) is 62.8 Å². The molecule has 3 aromatic rings. The Hall–Kier alpha value is -2.91. The van der Waals surface area contributed by atoms with E-state index in [-0.39, 0.29) is 36.8 Å². The van der Waals surface area contributed by atoms with E-state index in [4.69, 9.17) is 0 Å². The van der Waals surface area contributed by atoms with E-state index in [2.05, 4.69) is 27.3 Å². The van der Waals surface area contributed by atoms with Crippen LogP contribution in [0.2, 0.25) is 0 Å². The van der Waals surface area contributed by atoms with Gasteiger partial charge in [-0.15, -0.1) is 0 Å². The maximum Gasteiger partial charge on any atom is 0.449 e. The smallest absolute Gasteiger partial charge is 0.391 e. The zero-order valence-corrected chi connectivity index (χ0v) is 22.2. The summed E-state index contributed by atoms with van der Waals surface area (Å²) in [5, 5.41) is 14.1. The third kappa shape index (κ3) is 6.14. The number of fused-ring (bicyclic) bond motifs is 1. The van der Waals surface area contributed by atoms with E-state index in [9.17, 15) is 23.1 Å². The second-order valence-corrected chi connectivity index (χ2v) is 11.1. The van der Waals surface area contributed by atoms with Gasteiger partial charge in [0.1, 0.15) is 0 Å². The summed E-state index contributed by atoms with van der Waals surface area (Å²) in [6.07, 6.45) is 0.906. The Kier molecular flexibility index (Phi) is 8.28. The minimum absolute atomic E-state index is 0.0519. The zero-order chi connectivity index (χ0) is 27.5. The molecular formula is C30H37F3N4O2. The fourth-order valence-corrected chi connectivity index (χ4v) is 6.49. The zero-order valence-electron chi connectivity index (χ0n) is 22.2. The molecule has 2 aliphatic rings. The number of nitrogens with one attached hydrogen (secondary N) is 1. The number of para-hydroxylation sites is 2. The average molecular weight is 543 g/mol. The quantitative estimate of drug-likeness (QED) is 0.380. The number of aliphatic hydroxyl groups is 1. The number of halogens is 3. The van der Waals surface area contributed by atoms with Crippen LogP contribution in [0.15, 0.2) is 54.6 Å². The summed E-state index contributed by atoms with van der Waals surface area (Å²) in [6.45, 7) is 2.55. The van der Waals surface area contributed by atoms with Crippen LogP contribution in [0.3, 0.4) is 0 Å². The highest BCUT2D eigenvalue weighted by molar-refractivity contribution is 5.77. The normalized spacial score (nSPS) is 24.6. The number of aromatic nitrogens is 2. The lowest BCUT2D eigenvalue weighted by Gasteiger charge is -2.34. The molecule has 1 aliphatic carbocycles. The van der Waals surface area contributed by atoms with Gasteiger partial charge in [0, 0.05) is 31.0 Å². The van der Waals surface area contributed by atoms with Crippen LogP contribution in [-0.2, 0) is 22.9 Å². The first-order valence-electron chi connectivity index (χ1n) is 14.0. The van der Waals surface area contributed by atoms with E-state index in [0.717, 1.165) is 37.9 Å². The van der Waals surface area contributed by atoms with Crippen molar-refractivity contribution in [2.45, 2.75) is 81.6 Å². The van der Waals surface area contributed by atoms with E-state index >= 15 is 0 Å². The third-order valence-corrected chi connectivity index (χ3v) is 8.59. The number of hydrogen-bond donors (Lipinski definition) is 2. The number of carbonyl (C=O) groups excluding carboxylic acids is 1. The Morgan fingerprint density at radius 1 is 1.03 bits per heavy atom. The average Bonchev–Trinajstić information content (AvgIpc) is 3.55. The maximum absolute atomic E-state index is 13.6. The van der Waals surface area contributed by atoms with Crippen molar-refractivity contribution in [1.82, 2.24) is 19.8 Å². The molecule has 3 atom stereocenters. The van der Waals surface area contributed by atoms with Gasteiger partial charge in [0.15, 0.2) is 0 Å². The lowest BCUT2D eigenvalue weighted by atomic mass is 9.74. The maximum atomic E-state index is 13.6. The summed E-state index contributed by atoms with van der Waals surface area (Å²) < 4.78 is 42.0. The minimum Gasteiger partial charge on any atom is -0.391 e. The second-order valence-electron chi connectivity index (χ2n) is 11.1. The van der Waals surface area contributed by atoms with Crippen molar-refractivity contribution in [1.29, 1.82) is 0 Å². The van der Waals surface area contributed by atoms with Crippen LogP contribution in [0.25, 0.3) is 11.0 Å². The number of aryl methyl sites for hydroxylation is 1. The van der Waals surface area contributed by atoms with E-state index in [1.54, 1.807) is 24.3 Å². The van der Waals surface area contributed by atoms with E-state index in [0.29, 0.717) is 24.0 Å². The molecule has 9 heteroatoms. The predicted molar refractivity (Wildman–Crippen MR) is 144 cm³/mol. The van der Waals surface area contributed by atoms with E-state index in [1.807, 2.05) is 18.2 Å². The molecule has 2 N–H and O–H groups in total. The number of hydrogen-bond acceptors (Lipinski definition) is 4. The molecule has 1 saturated heterocycles. The molecule has 0 bridgehead atoms. The van der Waals surface area contributed by atoms with Crippen molar-refractivity contribution in [3.63, 3.8) is 0 Å². The highest BCUT2D eigenvalue weighted by Gasteiger charge is 2.40. The van der Waals surface area contributed by atoms with Crippen molar-refractivity contribution in [3.05, 3.63) is 66.0 Å². The van der Waals surface area contributed by atoms with Gasteiger partial charge in [0.2, 0.25) is 11.7 Å². The number of benzene rings is 2. The number of amides is 1. The fourth-order valence-electron chi connectivity index (χ4n) is 6.49. The number of aliphatic hydroxyl groups excluding tert-OH is 1. The van der Waals surface area contributed by atoms with Crippen LogP contribution in [0, 0.1) is 0 Å². The van der Waals surface area contributed by atoms with E-state index in [1.165, 1.54) is 17.4 Å². The van der Waals surface area contributed by atoms with Crippen molar-refractivity contribution in [3.8, 4) is 0 Å². The Bertz CT molecular complexity index is 1260. The van der Waals surface area contributed by atoms with E-state index < -0.39 is 18.1 Å². The first-order chi connectivity index (χ1) is 18.8. The molecule has 0 unspecified atom stereocenters. The lowest BCUT2D eigenvalue weighted by molar-refractivity contribution is -0.146. The highest BCUT2D eigenvalue weighted by Crippen LogP contribution is 2.40. The number of carbonyl (C=O) groups is 1. The van der Waals surface area contributed by atoms with Gasteiger partial charge in [-0.05, 0) is 75.7 Å². The SMILES string of the molecule is O=C(CCCn1c(C(F)(F)F)nc2ccccc21)NC[C@@]1(c2ccccc2)CC[C@H](O)[C@@H](N2CCCC2)CC1. The molecule has 2 fully saturated rings. The second kappa shape index (κ2) is 11.7. The Balaban J connectivity index is 1.24. The summed E-state index contributed by atoms with van der Waals surface area (Å²) in [6, 6.07) is 16.9. The highest BCUT2D eigenvalue weighted by atomic mass is 19.4. The molecule has 2 heterocycles. The summed E-state index contributed by atoms with van der Waals surface area (Å²) >= 11 is 0. The van der Waals surface area contributed by atoms with Gasteiger partial charge < -0.3 is 15.0 Å². The molecule has 0 spiro atoms. The van der Waals surface area contributed by atoms with Crippen molar-refractivity contribution < 1.29 is 23.1 Å². The topological polar surface area (TPSA) is 70.4 Å². The Morgan fingerprint density at radius 2 is 1.72 bits per heavy atom. The van der Waals surface area contributed by atoms with Gasteiger partial charge in [0.05, 0.1) is 17.1 Å². The Morgan fingerprint density at radius 3 is 2.46 bits per heavy atom. The molecule has 1 amide bonds.